The molecule has 3 unspecified atom stereocenters. The molecule has 1 aromatic carbocycles. The molecular formula is C18H29FIN3O. The van der Waals surface area contributed by atoms with E-state index in [2.05, 4.69) is 22.5 Å². The predicted molar refractivity (Wildman–Crippen MR) is 108 cm³/mol. The van der Waals surface area contributed by atoms with Gasteiger partial charge in [0.25, 0.3) is 0 Å². The van der Waals surface area contributed by atoms with Crippen molar-refractivity contribution in [1.82, 2.24) is 10.6 Å². The fourth-order valence-corrected chi connectivity index (χ4v) is 2.82. The fourth-order valence-electron chi connectivity index (χ4n) is 2.82. The van der Waals surface area contributed by atoms with Crippen LogP contribution in [0.4, 0.5) is 4.39 Å². The van der Waals surface area contributed by atoms with Gasteiger partial charge in [0.1, 0.15) is 0 Å². The molecule has 2 rings (SSSR count). The van der Waals surface area contributed by atoms with Crippen LogP contribution in [0.1, 0.15) is 51.6 Å². The SMILES string of the molecule is CCCC1CC1NC(=NCC)NC(C)c1ccc(OC)c(F)c1.I. The standard InChI is InChI=1S/C18H28FN3O.HI/c1-5-7-14-11-16(14)22-18(20-6-2)21-12(3)13-8-9-17(23-4)15(19)10-13;/h8-10,12,14,16H,5-7,11H2,1-4H3,(H2,20,21,22);1H. The molecule has 0 amide bonds. The molecule has 4 nitrogen and oxygen atoms in total. The molecule has 3 atom stereocenters. The third kappa shape index (κ3) is 5.79. The van der Waals surface area contributed by atoms with E-state index in [0.29, 0.717) is 12.6 Å². The molecule has 0 saturated heterocycles. The minimum atomic E-state index is -0.342. The van der Waals surface area contributed by atoms with Crippen molar-refractivity contribution in [2.75, 3.05) is 13.7 Å². The third-order valence-electron chi connectivity index (χ3n) is 4.25. The van der Waals surface area contributed by atoms with Crippen LogP contribution in [-0.2, 0) is 0 Å². The molecule has 1 aliphatic rings. The Morgan fingerprint density at radius 2 is 2.17 bits per heavy atom. The van der Waals surface area contributed by atoms with Gasteiger partial charge in [0.15, 0.2) is 17.5 Å². The second-order valence-corrected chi connectivity index (χ2v) is 6.12. The van der Waals surface area contributed by atoms with Crippen LogP contribution in [0, 0.1) is 11.7 Å². The van der Waals surface area contributed by atoms with E-state index in [1.165, 1.54) is 32.4 Å². The first-order valence-electron chi connectivity index (χ1n) is 8.49. The molecule has 136 valence electrons. The summed E-state index contributed by atoms with van der Waals surface area (Å²) in [5.41, 5.74) is 0.870. The first-order valence-corrected chi connectivity index (χ1v) is 8.49. The van der Waals surface area contributed by atoms with Gasteiger partial charge in [0, 0.05) is 12.6 Å². The first-order chi connectivity index (χ1) is 11.1. The second kappa shape index (κ2) is 10.1. The van der Waals surface area contributed by atoms with Crippen LogP contribution < -0.4 is 15.4 Å². The maximum atomic E-state index is 13.9. The van der Waals surface area contributed by atoms with Crippen molar-refractivity contribution in [3.63, 3.8) is 0 Å². The summed E-state index contributed by atoms with van der Waals surface area (Å²) in [6.07, 6.45) is 3.69. The summed E-state index contributed by atoms with van der Waals surface area (Å²) in [5.74, 6) is 1.49. The van der Waals surface area contributed by atoms with E-state index < -0.39 is 0 Å². The number of guanidine groups is 1. The lowest BCUT2D eigenvalue weighted by atomic mass is 10.1. The molecule has 1 aliphatic carbocycles. The highest BCUT2D eigenvalue weighted by Gasteiger charge is 2.36. The molecule has 0 aromatic heterocycles. The van der Waals surface area contributed by atoms with E-state index in [4.69, 9.17) is 4.74 Å². The Bertz CT molecular complexity index is 553. The summed E-state index contributed by atoms with van der Waals surface area (Å²) >= 11 is 0. The third-order valence-corrected chi connectivity index (χ3v) is 4.25. The summed E-state index contributed by atoms with van der Waals surface area (Å²) in [6.45, 7) is 6.95. The number of hydrogen-bond donors (Lipinski definition) is 2. The van der Waals surface area contributed by atoms with E-state index >= 15 is 0 Å². The van der Waals surface area contributed by atoms with Crippen LogP contribution in [0.5, 0.6) is 5.75 Å². The molecular weight excluding hydrogens is 420 g/mol. The van der Waals surface area contributed by atoms with Crippen LogP contribution in [0.25, 0.3) is 0 Å². The number of aliphatic imine (C=N–C) groups is 1. The van der Waals surface area contributed by atoms with Crippen molar-refractivity contribution < 1.29 is 9.13 Å². The number of nitrogens with zero attached hydrogens (tertiary/aromatic N) is 1. The largest absolute Gasteiger partial charge is 0.494 e. The number of ether oxygens (including phenoxy) is 1. The molecule has 0 heterocycles. The smallest absolute Gasteiger partial charge is 0.191 e. The fraction of sp³-hybridized carbons (Fsp3) is 0.611. The Balaban J connectivity index is 0.00000288. The average Bonchev–Trinajstić information content (AvgIpc) is 3.25. The zero-order valence-electron chi connectivity index (χ0n) is 14.9. The number of rotatable bonds is 7. The molecule has 0 bridgehead atoms. The van der Waals surface area contributed by atoms with Gasteiger partial charge in [-0.3, -0.25) is 4.99 Å². The van der Waals surface area contributed by atoms with Crippen molar-refractivity contribution in [3.8, 4) is 5.75 Å². The van der Waals surface area contributed by atoms with Crippen molar-refractivity contribution >= 4 is 29.9 Å². The van der Waals surface area contributed by atoms with Crippen molar-refractivity contribution in [2.45, 2.75) is 52.1 Å². The molecule has 0 aliphatic heterocycles. The predicted octanol–water partition coefficient (Wildman–Crippen LogP) is 4.26. The monoisotopic (exact) mass is 449 g/mol. The lowest BCUT2D eigenvalue weighted by Gasteiger charge is -2.19. The van der Waals surface area contributed by atoms with Gasteiger partial charge in [-0.1, -0.05) is 19.4 Å². The van der Waals surface area contributed by atoms with Crippen molar-refractivity contribution in [2.24, 2.45) is 10.9 Å². The van der Waals surface area contributed by atoms with Gasteiger partial charge in [-0.15, -0.1) is 24.0 Å². The Kier molecular flexibility index (Phi) is 8.80. The minimum absolute atomic E-state index is 0. The Labute approximate surface area is 161 Å². The molecule has 6 heteroatoms. The summed E-state index contributed by atoms with van der Waals surface area (Å²) in [7, 11) is 1.47. The van der Waals surface area contributed by atoms with Crippen LogP contribution in [0.15, 0.2) is 23.2 Å². The molecule has 1 fully saturated rings. The zero-order chi connectivity index (χ0) is 16.8. The second-order valence-electron chi connectivity index (χ2n) is 6.12. The summed E-state index contributed by atoms with van der Waals surface area (Å²) in [5, 5.41) is 6.85. The van der Waals surface area contributed by atoms with Gasteiger partial charge in [-0.25, -0.2) is 4.39 Å². The van der Waals surface area contributed by atoms with Gasteiger partial charge in [0.05, 0.1) is 13.2 Å². The topological polar surface area (TPSA) is 45.7 Å². The van der Waals surface area contributed by atoms with E-state index in [1.807, 2.05) is 19.9 Å². The van der Waals surface area contributed by atoms with Crippen LogP contribution in [0.2, 0.25) is 0 Å². The lowest BCUT2D eigenvalue weighted by molar-refractivity contribution is 0.386. The number of halogens is 2. The summed E-state index contributed by atoms with van der Waals surface area (Å²) < 4.78 is 18.8. The molecule has 2 N–H and O–H groups in total. The van der Waals surface area contributed by atoms with Crippen LogP contribution >= 0.6 is 24.0 Å². The maximum Gasteiger partial charge on any atom is 0.191 e. The molecule has 24 heavy (non-hydrogen) atoms. The lowest BCUT2D eigenvalue weighted by Crippen LogP contribution is -2.40. The zero-order valence-corrected chi connectivity index (χ0v) is 17.3. The highest BCUT2D eigenvalue weighted by molar-refractivity contribution is 14.0. The Hall–Kier alpha value is -1.05. The highest BCUT2D eigenvalue weighted by atomic mass is 127. The van der Waals surface area contributed by atoms with Gasteiger partial charge < -0.3 is 15.4 Å². The number of nitrogens with one attached hydrogen (secondary N) is 2. The number of benzene rings is 1. The molecule has 0 spiro atoms. The van der Waals surface area contributed by atoms with Gasteiger partial charge in [-0.2, -0.15) is 0 Å². The quantitative estimate of drug-likeness (QED) is 0.372. The van der Waals surface area contributed by atoms with Gasteiger partial charge in [0.2, 0.25) is 0 Å². The van der Waals surface area contributed by atoms with Gasteiger partial charge >= 0.3 is 0 Å². The van der Waals surface area contributed by atoms with Crippen LogP contribution in [-0.4, -0.2) is 25.7 Å². The molecule has 1 aromatic rings. The van der Waals surface area contributed by atoms with Crippen molar-refractivity contribution in [1.29, 1.82) is 0 Å². The minimum Gasteiger partial charge on any atom is -0.494 e. The van der Waals surface area contributed by atoms with Gasteiger partial charge in [-0.05, 0) is 50.3 Å². The van der Waals surface area contributed by atoms with E-state index in [0.717, 1.165) is 17.4 Å². The highest BCUT2D eigenvalue weighted by Crippen LogP contribution is 2.34. The average molecular weight is 449 g/mol. The first kappa shape index (κ1) is 21.0. The van der Waals surface area contributed by atoms with Crippen LogP contribution in [0.3, 0.4) is 0 Å². The Morgan fingerprint density at radius 3 is 2.75 bits per heavy atom. The van der Waals surface area contributed by atoms with E-state index in [-0.39, 0.29) is 41.6 Å². The maximum absolute atomic E-state index is 13.9. The Morgan fingerprint density at radius 1 is 1.42 bits per heavy atom. The summed E-state index contributed by atoms with van der Waals surface area (Å²) in [6, 6.07) is 5.53. The molecule has 0 radical (unpaired) electrons. The number of hydrogen-bond acceptors (Lipinski definition) is 2. The normalized spacial score (nSPS) is 20.8. The summed E-state index contributed by atoms with van der Waals surface area (Å²) in [4.78, 5) is 4.50. The van der Waals surface area contributed by atoms with E-state index in [9.17, 15) is 4.39 Å². The molecule has 1 saturated carbocycles. The van der Waals surface area contributed by atoms with Crippen molar-refractivity contribution in [3.05, 3.63) is 29.6 Å². The number of methoxy groups -OCH3 is 1. The van der Waals surface area contributed by atoms with E-state index in [1.54, 1.807) is 6.07 Å².